The maximum absolute atomic E-state index is 6.11. The minimum absolute atomic E-state index is 0.524. The molecule has 2 N–H and O–H groups in total. The summed E-state index contributed by atoms with van der Waals surface area (Å²) in [5.41, 5.74) is 0.980. The Hall–Kier alpha value is -0.950. The molecule has 1 unspecified atom stereocenters. The fourth-order valence-corrected chi connectivity index (χ4v) is 3.22. The topological polar surface area (TPSA) is 53.8 Å². The zero-order valence-corrected chi connectivity index (χ0v) is 16.8. The van der Waals surface area contributed by atoms with Crippen molar-refractivity contribution in [1.29, 1.82) is 0 Å². The van der Waals surface area contributed by atoms with E-state index < -0.39 is 0 Å². The first-order chi connectivity index (χ1) is 12.0. The minimum atomic E-state index is 0.524. The van der Waals surface area contributed by atoms with E-state index in [1.165, 1.54) is 0 Å². The molecule has 0 saturated carbocycles. The molecule has 0 radical (unpaired) electrons. The van der Waals surface area contributed by atoms with Crippen molar-refractivity contribution in [3.63, 3.8) is 0 Å². The highest BCUT2D eigenvalue weighted by Crippen LogP contribution is 2.25. The Labute approximate surface area is 160 Å². The molecule has 2 heterocycles. The summed E-state index contributed by atoms with van der Waals surface area (Å²) in [4.78, 5) is 7.09. The Morgan fingerprint density at radius 2 is 2.04 bits per heavy atom. The van der Waals surface area contributed by atoms with E-state index in [1.807, 2.05) is 17.7 Å². The molecule has 142 valence electrons. The maximum Gasteiger partial charge on any atom is 0.191 e. The van der Waals surface area contributed by atoms with Gasteiger partial charge in [-0.2, -0.15) is 0 Å². The zero-order valence-electron chi connectivity index (χ0n) is 15.3. The van der Waals surface area contributed by atoms with E-state index in [0.29, 0.717) is 22.6 Å². The van der Waals surface area contributed by atoms with Gasteiger partial charge in [0.2, 0.25) is 0 Å². The number of guanidine groups is 1. The van der Waals surface area contributed by atoms with Gasteiger partial charge in [-0.05, 0) is 18.9 Å². The van der Waals surface area contributed by atoms with Crippen molar-refractivity contribution < 1.29 is 4.74 Å². The molecule has 1 saturated heterocycles. The second kappa shape index (κ2) is 10.3. The van der Waals surface area contributed by atoms with Crippen molar-refractivity contribution in [3.8, 4) is 0 Å². The van der Waals surface area contributed by atoms with Gasteiger partial charge >= 0.3 is 0 Å². The molecule has 25 heavy (non-hydrogen) atoms. The van der Waals surface area contributed by atoms with Crippen LogP contribution in [-0.4, -0.2) is 61.4 Å². The number of rotatable bonds is 7. The average molecular weight is 390 g/mol. The quantitative estimate of drug-likeness (QED) is 0.555. The van der Waals surface area contributed by atoms with Crippen molar-refractivity contribution in [1.82, 2.24) is 20.1 Å². The van der Waals surface area contributed by atoms with Crippen LogP contribution in [0.1, 0.15) is 19.5 Å². The number of nitrogens with one attached hydrogen (secondary N) is 2. The van der Waals surface area contributed by atoms with Crippen molar-refractivity contribution >= 4 is 29.2 Å². The van der Waals surface area contributed by atoms with Crippen LogP contribution in [0.3, 0.4) is 0 Å². The Morgan fingerprint density at radius 3 is 2.64 bits per heavy atom. The van der Waals surface area contributed by atoms with Crippen LogP contribution < -0.4 is 10.6 Å². The van der Waals surface area contributed by atoms with Gasteiger partial charge in [0.15, 0.2) is 5.96 Å². The molecular weight excluding hydrogens is 361 g/mol. The molecule has 2 rings (SSSR count). The number of aromatic nitrogens is 1. The highest BCUT2D eigenvalue weighted by atomic mass is 35.5. The summed E-state index contributed by atoms with van der Waals surface area (Å²) in [5, 5.41) is 7.82. The van der Waals surface area contributed by atoms with Crippen LogP contribution in [0.5, 0.6) is 0 Å². The van der Waals surface area contributed by atoms with Crippen LogP contribution in [0.15, 0.2) is 11.1 Å². The Morgan fingerprint density at radius 1 is 1.32 bits per heavy atom. The van der Waals surface area contributed by atoms with E-state index in [9.17, 15) is 0 Å². The van der Waals surface area contributed by atoms with Crippen LogP contribution in [0.25, 0.3) is 0 Å². The molecular formula is C17H29Cl2N5O. The van der Waals surface area contributed by atoms with Gasteiger partial charge in [0.05, 0.1) is 24.8 Å². The molecule has 0 bridgehead atoms. The summed E-state index contributed by atoms with van der Waals surface area (Å²) in [7, 11) is 1.89. The predicted molar refractivity (Wildman–Crippen MR) is 105 cm³/mol. The van der Waals surface area contributed by atoms with E-state index in [0.717, 1.165) is 57.6 Å². The molecule has 0 amide bonds. The standard InChI is InChI=1S/C17H29Cl2N5O/c1-4-20-17(22-11-14-9-15(18)16(19)23(14)3)21-10-13(2)12-24-5-7-25-8-6-24/h9,13H,4-8,10-12H2,1-3H3,(H2,20,21,22). The van der Waals surface area contributed by atoms with Gasteiger partial charge in [-0.3, -0.25) is 4.90 Å². The van der Waals surface area contributed by atoms with E-state index in [1.54, 1.807) is 0 Å². The van der Waals surface area contributed by atoms with Crippen LogP contribution >= 0.6 is 23.2 Å². The third-order valence-corrected chi connectivity index (χ3v) is 5.09. The Kier molecular flexibility index (Phi) is 8.36. The fraction of sp³-hybridized carbons (Fsp3) is 0.706. The number of morpholine rings is 1. The van der Waals surface area contributed by atoms with Crippen molar-refractivity contribution in [2.45, 2.75) is 20.4 Å². The lowest BCUT2D eigenvalue weighted by Crippen LogP contribution is -2.44. The number of aliphatic imine (C=N–C) groups is 1. The number of halogens is 2. The monoisotopic (exact) mass is 389 g/mol. The lowest BCUT2D eigenvalue weighted by Gasteiger charge is -2.29. The molecule has 1 fully saturated rings. The van der Waals surface area contributed by atoms with Crippen LogP contribution in [0.2, 0.25) is 10.2 Å². The first-order valence-corrected chi connectivity index (χ1v) is 9.58. The minimum Gasteiger partial charge on any atom is -0.379 e. The number of hydrogen-bond acceptors (Lipinski definition) is 3. The first-order valence-electron chi connectivity index (χ1n) is 8.83. The van der Waals surface area contributed by atoms with Crippen LogP contribution in [0, 0.1) is 5.92 Å². The van der Waals surface area contributed by atoms with Gasteiger partial charge in [-0.25, -0.2) is 4.99 Å². The lowest BCUT2D eigenvalue weighted by atomic mass is 10.1. The highest BCUT2D eigenvalue weighted by Gasteiger charge is 2.14. The van der Waals surface area contributed by atoms with Crippen molar-refractivity contribution in [2.75, 3.05) is 45.9 Å². The lowest BCUT2D eigenvalue weighted by molar-refractivity contribution is 0.0320. The van der Waals surface area contributed by atoms with E-state index in [2.05, 4.69) is 34.4 Å². The largest absolute Gasteiger partial charge is 0.379 e. The molecule has 0 aromatic carbocycles. The first kappa shape index (κ1) is 20.4. The molecule has 0 aliphatic carbocycles. The molecule has 1 atom stereocenters. The molecule has 1 aliphatic heterocycles. The second-order valence-corrected chi connectivity index (χ2v) is 7.19. The summed E-state index contributed by atoms with van der Waals surface area (Å²) in [6, 6.07) is 1.86. The van der Waals surface area contributed by atoms with Gasteiger partial charge in [0, 0.05) is 45.5 Å². The van der Waals surface area contributed by atoms with Gasteiger partial charge in [0.1, 0.15) is 5.15 Å². The van der Waals surface area contributed by atoms with Gasteiger partial charge < -0.3 is 19.9 Å². The van der Waals surface area contributed by atoms with Gasteiger partial charge in [-0.1, -0.05) is 30.1 Å². The number of nitrogens with zero attached hydrogens (tertiary/aromatic N) is 3. The fourth-order valence-electron chi connectivity index (χ4n) is 2.80. The summed E-state index contributed by atoms with van der Waals surface area (Å²) >= 11 is 12.2. The summed E-state index contributed by atoms with van der Waals surface area (Å²) in [5.74, 6) is 1.34. The molecule has 6 nitrogen and oxygen atoms in total. The Balaban J connectivity index is 1.85. The smallest absolute Gasteiger partial charge is 0.191 e. The number of ether oxygens (including phenoxy) is 1. The summed E-state index contributed by atoms with van der Waals surface area (Å²) in [6.45, 7) is 11.3. The average Bonchev–Trinajstić information content (AvgIpc) is 2.85. The third-order valence-electron chi connectivity index (χ3n) is 4.25. The summed E-state index contributed by atoms with van der Waals surface area (Å²) in [6.07, 6.45) is 0. The Bertz CT molecular complexity index is 570. The molecule has 1 aromatic rings. The van der Waals surface area contributed by atoms with E-state index in [-0.39, 0.29) is 0 Å². The number of hydrogen-bond donors (Lipinski definition) is 2. The van der Waals surface area contributed by atoms with E-state index in [4.69, 9.17) is 27.9 Å². The molecule has 1 aromatic heterocycles. The third kappa shape index (κ3) is 6.37. The normalized spacial score (nSPS) is 17.6. The SMILES string of the molecule is CCNC(=NCc1cc(Cl)c(Cl)n1C)NCC(C)CN1CCOCC1. The molecule has 0 spiro atoms. The zero-order chi connectivity index (χ0) is 18.2. The molecule has 8 heteroatoms. The predicted octanol–water partition coefficient (Wildman–Crippen LogP) is 2.36. The summed E-state index contributed by atoms with van der Waals surface area (Å²) < 4.78 is 7.26. The van der Waals surface area contributed by atoms with Crippen molar-refractivity contribution in [2.24, 2.45) is 18.0 Å². The molecule has 1 aliphatic rings. The van der Waals surface area contributed by atoms with Gasteiger partial charge in [-0.15, -0.1) is 0 Å². The van der Waals surface area contributed by atoms with Crippen LogP contribution in [-0.2, 0) is 18.3 Å². The highest BCUT2D eigenvalue weighted by molar-refractivity contribution is 6.41. The maximum atomic E-state index is 6.11. The van der Waals surface area contributed by atoms with Crippen molar-refractivity contribution in [3.05, 3.63) is 21.9 Å². The second-order valence-electron chi connectivity index (χ2n) is 6.43. The van der Waals surface area contributed by atoms with Crippen LogP contribution in [0.4, 0.5) is 0 Å². The van der Waals surface area contributed by atoms with Gasteiger partial charge in [0.25, 0.3) is 0 Å². The van der Waals surface area contributed by atoms with E-state index >= 15 is 0 Å².